The molecule has 1 aromatic rings. The zero-order valence-corrected chi connectivity index (χ0v) is 18.5. The van der Waals surface area contributed by atoms with Crippen molar-refractivity contribution in [1.82, 2.24) is 15.5 Å². The number of nitrogens with zero attached hydrogens (tertiary/aromatic N) is 3. The Bertz CT molecular complexity index is 706. The third-order valence-corrected chi connectivity index (χ3v) is 4.19. The van der Waals surface area contributed by atoms with Crippen LogP contribution in [0.3, 0.4) is 0 Å². The highest BCUT2D eigenvalue weighted by molar-refractivity contribution is 14.0. The number of benzene rings is 1. The van der Waals surface area contributed by atoms with Crippen molar-refractivity contribution in [1.29, 1.82) is 0 Å². The Kier molecular flexibility index (Phi) is 10.5. The topological polar surface area (TPSA) is 99.9 Å². The lowest BCUT2D eigenvalue weighted by Crippen LogP contribution is -2.39. The van der Waals surface area contributed by atoms with Crippen molar-refractivity contribution < 1.29 is 9.72 Å². The molecule has 1 aliphatic rings. The quantitative estimate of drug-likeness (QED) is 0.103. The Balaban J connectivity index is 0.00000392. The van der Waals surface area contributed by atoms with Crippen molar-refractivity contribution in [3.05, 3.63) is 52.1 Å². The summed E-state index contributed by atoms with van der Waals surface area (Å²) in [5.74, 6) is 0.895. The van der Waals surface area contributed by atoms with Crippen LogP contribution in [0.1, 0.15) is 31.7 Å². The van der Waals surface area contributed by atoms with E-state index in [0.717, 1.165) is 37.1 Å². The molecule has 0 unspecified atom stereocenters. The fraction of sp³-hybridized carbons (Fsp3) is 0.474. The maximum atomic E-state index is 11.6. The molecule has 154 valence electrons. The molecule has 1 heterocycles. The van der Waals surface area contributed by atoms with Crippen molar-refractivity contribution in [2.24, 2.45) is 4.99 Å². The van der Waals surface area contributed by atoms with E-state index in [0.29, 0.717) is 32.0 Å². The van der Waals surface area contributed by atoms with Crippen LogP contribution in [-0.4, -0.2) is 47.9 Å². The number of rotatable bonds is 9. The molecular weight excluding hydrogens is 473 g/mol. The molecule has 2 N–H and O–H groups in total. The Labute approximate surface area is 182 Å². The number of halogens is 1. The summed E-state index contributed by atoms with van der Waals surface area (Å²) in [5.41, 5.74) is 1.94. The summed E-state index contributed by atoms with van der Waals surface area (Å²) >= 11 is 0. The number of amides is 1. The predicted octanol–water partition coefficient (Wildman–Crippen LogP) is 2.84. The van der Waals surface area contributed by atoms with E-state index in [1.165, 1.54) is 12.1 Å². The van der Waals surface area contributed by atoms with E-state index in [1.807, 2.05) is 11.8 Å². The van der Waals surface area contributed by atoms with Gasteiger partial charge in [-0.25, -0.2) is 4.99 Å². The number of carbonyl (C=O) groups excluding carboxylic acids is 1. The van der Waals surface area contributed by atoms with Gasteiger partial charge in [0.1, 0.15) is 0 Å². The molecule has 0 bridgehead atoms. The first kappa shape index (κ1) is 23.9. The van der Waals surface area contributed by atoms with Crippen molar-refractivity contribution in [2.75, 3.05) is 26.2 Å². The molecule has 0 aromatic heterocycles. The minimum Gasteiger partial charge on any atom is -0.356 e. The van der Waals surface area contributed by atoms with Gasteiger partial charge in [-0.2, -0.15) is 0 Å². The molecule has 0 atom stereocenters. The Morgan fingerprint density at radius 1 is 1.32 bits per heavy atom. The molecule has 1 aliphatic heterocycles. The standard InChI is InChI=1S/C19H27N5O3.HI/c1-15(2)13-21-19(20-10-4-12-23-11-3-5-18(23)25)22-14-16-6-8-17(9-7-16)24(26)27;/h6-9H,1,3-5,10-14H2,2H3,(H2,20,21,22);1H. The number of likely N-dealkylation sites (tertiary alicyclic amines) is 1. The van der Waals surface area contributed by atoms with Gasteiger partial charge in [0, 0.05) is 44.7 Å². The smallest absolute Gasteiger partial charge is 0.269 e. The van der Waals surface area contributed by atoms with Crippen LogP contribution in [0.4, 0.5) is 5.69 Å². The largest absolute Gasteiger partial charge is 0.356 e. The van der Waals surface area contributed by atoms with Gasteiger partial charge in [0.2, 0.25) is 5.91 Å². The molecule has 0 aliphatic carbocycles. The lowest BCUT2D eigenvalue weighted by Gasteiger charge is -2.17. The second kappa shape index (κ2) is 12.3. The Hall–Kier alpha value is -2.17. The fourth-order valence-electron chi connectivity index (χ4n) is 2.72. The summed E-state index contributed by atoms with van der Waals surface area (Å²) in [6.07, 6.45) is 2.46. The molecule has 1 saturated heterocycles. The highest BCUT2D eigenvalue weighted by Gasteiger charge is 2.18. The first-order chi connectivity index (χ1) is 13.0. The van der Waals surface area contributed by atoms with E-state index in [2.05, 4.69) is 22.2 Å². The lowest BCUT2D eigenvalue weighted by atomic mass is 10.2. The molecule has 0 saturated carbocycles. The maximum absolute atomic E-state index is 11.6. The minimum atomic E-state index is -0.417. The molecular formula is C19H28IN5O3. The number of carbonyl (C=O) groups is 1. The van der Waals surface area contributed by atoms with Gasteiger partial charge in [-0.05, 0) is 25.3 Å². The van der Waals surface area contributed by atoms with Crippen LogP contribution in [0.5, 0.6) is 0 Å². The van der Waals surface area contributed by atoms with Gasteiger partial charge < -0.3 is 15.5 Å². The van der Waals surface area contributed by atoms with Crippen molar-refractivity contribution in [3.63, 3.8) is 0 Å². The van der Waals surface area contributed by atoms with Gasteiger partial charge in [-0.3, -0.25) is 14.9 Å². The number of nitro groups is 1. The third-order valence-electron chi connectivity index (χ3n) is 4.19. The summed E-state index contributed by atoms with van der Waals surface area (Å²) < 4.78 is 0. The zero-order chi connectivity index (χ0) is 19.6. The fourth-order valence-corrected chi connectivity index (χ4v) is 2.72. The van der Waals surface area contributed by atoms with E-state index in [1.54, 1.807) is 12.1 Å². The summed E-state index contributed by atoms with van der Waals surface area (Å²) in [7, 11) is 0. The highest BCUT2D eigenvalue weighted by atomic mass is 127. The molecule has 0 spiro atoms. The SMILES string of the molecule is C=C(C)CNC(=NCc1ccc([N+](=O)[O-])cc1)NCCCN1CCCC1=O.I. The molecule has 1 aromatic carbocycles. The number of guanidine groups is 1. The molecule has 9 heteroatoms. The Morgan fingerprint density at radius 2 is 2.04 bits per heavy atom. The van der Waals surface area contributed by atoms with Gasteiger partial charge in [0.15, 0.2) is 5.96 Å². The molecule has 0 radical (unpaired) electrons. The number of non-ortho nitro benzene ring substituents is 1. The minimum absolute atomic E-state index is 0. The molecule has 1 fully saturated rings. The van der Waals surface area contributed by atoms with Gasteiger partial charge in [-0.15, -0.1) is 24.0 Å². The van der Waals surface area contributed by atoms with E-state index in [9.17, 15) is 14.9 Å². The first-order valence-electron chi connectivity index (χ1n) is 9.13. The van der Waals surface area contributed by atoms with Crippen molar-refractivity contribution in [2.45, 2.75) is 32.7 Å². The van der Waals surface area contributed by atoms with Crippen LogP contribution in [0.25, 0.3) is 0 Å². The number of nitrogens with one attached hydrogen (secondary N) is 2. The van der Waals surface area contributed by atoms with Gasteiger partial charge >= 0.3 is 0 Å². The molecule has 2 rings (SSSR count). The Morgan fingerprint density at radius 3 is 2.61 bits per heavy atom. The molecule has 1 amide bonds. The van der Waals surface area contributed by atoms with Crippen LogP contribution < -0.4 is 10.6 Å². The zero-order valence-electron chi connectivity index (χ0n) is 16.1. The van der Waals surface area contributed by atoms with E-state index in [4.69, 9.17) is 0 Å². The summed E-state index contributed by atoms with van der Waals surface area (Å²) in [6.45, 7) is 9.13. The van der Waals surface area contributed by atoms with E-state index in [-0.39, 0.29) is 35.6 Å². The number of hydrogen-bond donors (Lipinski definition) is 2. The van der Waals surface area contributed by atoms with Crippen LogP contribution >= 0.6 is 24.0 Å². The predicted molar refractivity (Wildman–Crippen MR) is 121 cm³/mol. The van der Waals surface area contributed by atoms with Crippen molar-refractivity contribution >= 4 is 41.5 Å². The second-order valence-corrected chi connectivity index (χ2v) is 6.66. The normalized spacial score (nSPS) is 13.8. The van der Waals surface area contributed by atoms with Crippen LogP contribution in [-0.2, 0) is 11.3 Å². The monoisotopic (exact) mass is 501 g/mol. The van der Waals surface area contributed by atoms with Gasteiger partial charge in [-0.1, -0.05) is 24.3 Å². The van der Waals surface area contributed by atoms with E-state index < -0.39 is 4.92 Å². The van der Waals surface area contributed by atoms with Gasteiger partial charge in [0.25, 0.3) is 5.69 Å². The average molecular weight is 501 g/mol. The number of hydrogen-bond acceptors (Lipinski definition) is 4. The number of nitro benzene ring substituents is 1. The van der Waals surface area contributed by atoms with E-state index >= 15 is 0 Å². The van der Waals surface area contributed by atoms with Crippen molar-refractivity contribution in [3.8, 4) is 0 Å². The van der Waals surface area contributed by atoms with Crippen LogP contribution in [0.15, 0.2) is 41.4 Å². The number of aliphatic imine (C=N–C) groups is 1. The maximum Gasteiger partial charge on any atom is 0.269 e. The summed E-state index contributed by atoms with van der Waals surface area (Å²) in [6, 6.07) is 6.37. The highest BCUT2D eigenvalue weighted by Crippen LogP contribution is 2.12. The first-order valence-corrected chi connectivity index (χ1v) is 9.13. The molecule has 8 nitrogen and oxygen atoms in total. The lowest BCUT2D eigenvalue weighted by molar-refractivity contribution is -0.384. The second-order valence-electron chi connectivity index (χ2n) is 6.66. The molecule has 28 heavy (non-hydrogen) atoms. The van der Waals surface area contributed by atoms with Crippen LogP contribution in [0.2, 0.25) is 0 Å². The van der Waals surface area contributed by atoms with Crippen LogP contribution in [0, 0.1) is 10.1 Å². The van der Waals surface area contributed by atoms with Gasteiger partial charge in [0.05, 0.1) is 11.5 Å². The average Bonchev–Trinajstić information content (AvgIpc) is 3.05. The summed E-state index contributed by atoms with van der Waals surface area (Å²) in [5, 5.41) is 17.2. The summed E-state index contributed by atoms with van der Waals surface area (Å²) in [4.78, 5) is 28.3. The third kappa shape index (κ3) is 8.24.